The van der Waals surface area contributed by atoms with Crippen molar-refractivity contribution in [3.05, 3.63) is 82.0 Å². The molecule has 0 aliphatic carbocycles. The quantitative estimate of drug-likeness (QED) is 0.419. The molecule has 0 aliphatic rings. The molecule has 0 saturated carbocycles. The Kier molecular flexibility index (Phi) is 8.43. The van der Waals surface area contributed by atoms with E-state index in [1.807, 2.05) is 18.4 Å². The van der Waals surface area contributed by atoms with Gasteiger partial charge in [0.05, 0.1) is 11.5 Å². The van der Waals surface area contributed by atoms with Gasteiger partial charge in [-0.1, -0.05) is 18.2 Å². The van der Waals surface area contributed by atoms with Crippen LogP contribution in [0.1, 0.15) is 39.4 Å². The van der Waals surface area contributed by atoms with E-state index in [9.17, 15) is 14.4 Å². The number of thiophene rings is 1. The number of hydrazine groups is 1. The van der Waals surface area contributed by atoms with Crippen LogP contribution >= 0.6 is 11.3 Å². The molecule has 1 atom stereocenters. The molecule has 9 heteroatoms. The van der Waals surface area contributed by atoms with Crippen LogP contribution in [-0.4, -0.2) is 30.4 Å². The lowest BCUT2D eigenvalue weighted by molar-refractivity contribution is -0.128. The summed E-state index contributed by atoms with van der Waals surface area (Å²) in [6.45, 7) is 4.38. The number of carbonyl (C=O) groups is 3. The number of hydrogen-bond donors (Lipinski definition) is 3. The van der Waals surface area contributed by atoms with Crippen LogP contribution in [0.15, 0.2) is 66.0 Å². The third-order valence-electron chi connectivity index (χ3n) is 4.53. The number of hydrogen-bond acceptors (Lipinski definition) is 6. The van der Waals surface area contributed by atoms with Crippen molar-refractivity contribution >= 4 is 29.1 Å². The van der Waals surface area contributed by atoms with E-state index in [4.69, 9.17) is 9.47 Å². The first-order valence-electron chi connectivity index (χ1n) is 10.4. The van der Waals surface area contributed by atoms with Crippen molar-refractivity contribution in [2.45, 2.75) is 26.5 Å². The Labute approximate surface area is 195 Å². The largest absolute Gasteiger partial charge is 0.494 e. The van der Waals surface area contributed by atoms with E-state index in [0.29, 0.717) is 35.1 Å². The second-order valence-electron chi connectivity index (χ2n) is 6.96. The topological polar surface area (TPSA) is 106 Å². The zero-order valence-corrected chi connectivity index (χ0v) is 19.1. The fourth-order valence-corrected chi connectivity index (χ4v) is 3.42. The fourth-order valence-electron chi connectivity index (χ4n) is 2.78. The molecule has 0 bridgehead atoms. The molecule has 1 unspecified atom stereocenters. The number of nitrogens with one attached hydrogen (secondary N) is 3. The summed E-state index contributed by atoms with van der Waals surface area (Å²) in [6.07, 6.45) is -0.822. The van der Waals surface area contributed by atoms with Crippen molar-refractivity contribution in [2.75, 3.05) is 6.61 Å². The highest BCUT2D eigenvalue weighted by Crippen LogP contribution is 2.18. The fraction of sp³-hybridized carbons (Fsp3) is 0.208. The maximum absolute atomic E-state index is 12.3. The van der Waals surface area contributed by atoms with Crippen molar-refractivity contribution in [3.63, 3.8) is 0 Å². The lowest BCUT2D eigenvalue weighted by Gasteiger charge is -2.15. The number of benzene rings is 2. The van der Waals surface area contributed by atoms with Gasteiger partial charge in [-0.3, -0.25) is 25.2 Å². The highest BCUT2D eigenvalue weighted by atomic mass is 32.1. The molecule has 3 rings (SSSR count). The summed E-state index contributed by atoms with van der Waals surface area (Å²) in [7, 11) is 0. The van der Waals surface area contributed by atoms with Crippen LogP contribution in [0.2, 0.25) is 0 Å². The third-order valence-corrected chi connectivity index (χ3v) is 5.40. The predicted octanol–water partition coefficient (Wildman–Crippen LogP) is 3.31. The molecule has 8 nitrogen and oxygen atoms in total. The normalized spacial score (nSPS) is 11.2. The molecule has 3 aromatic rings. The van der Waals surface area contributed by atoms with E-state index >= 15 is 0 Å². The van der Waals surface area contributed by atoms with Gasteiger partial charge < -0.3 is 14.8 Å². The molecular weight excluding hydrogens is 442 g/mol. The Bertz CT molecular complexity index is 1070. The minimum absolute atomic E-state index is 0.142. The average molecular weight is 468 g/mol. The molecule has 0 fully saturated rings. The van der Waals surface area contributed by atoms with Crippen LogP contribution in [0.3, 0.4) is 0 Å². The summed E-state index contributed by atoms with van der Waals surface area (Å²) in [5.74, 6) is 0.117. The first kappa shape index (κ1) is 23.8. The highest BCUT2D eigenvalue weighted by Gasteiger charge is 2.16. The molecule has 3 amide bonds. The molecule has 1 heterocycles. The van der Waals surface area contributed by atoms with Gasteiger partial charge in [-0.05, 0) is 67.3 Å². The maximum atomic E-state index is 12.3. The molecule has 33 heavy (non-hydrogen) atoms. The Balaban J connectivity index is 1.43. The maximum Gasteiger partial charge on any atom is 0.279 e. The molecule has 0 aliphatic heterocycles. The second-order valence-corrected chi connectivity index (χ2v) is 7.91. The van der Waals surface area contributed by atoms with E-state index in [2.05, 4.69) is 16.2 Å². The zero-order valence-electron chi connectivity index (χ0n) is 18.3. The third kappa shape index (κ3) is 7.08. The summed E-state index contributed by atoms with van der Waals surface area (Å²) >= 11 is 1.37. The SMILES string of the molecule is CCOc1ccc(OC(C)C(=O)NNC(=O)c2ccc(CNC(=O)c3cccs3)cc2)cc1. The molecule has 0 spiro atoms. The minimum atomic E-state index is -0.822. The average Bonchev–Trinajstić information content (AvgIpc) is 3.37. The van der Waals surface area contributed by atoms with E-state index < -0.39 is 17.9 Å². The summed E-state index contributed by atoms with van der Waals surface area (Å²) in [4.78, 5) is 37.2. The molecule has 0 radical (unpaired) electrons. The molecule has 172 valence electrons. The second kappa shape index (κ2) is 11.7. The lowest BCUT2D eigenvalue weighted by Crippen LogP contribution is -2.47. The van der Waals surface area contributed by atoms with Crippen LogP contribution < -0.4 is 25.6 Å². The van der Waals surface area contributed by atoms with E-state index in [0.717, 1.165) is 5.56 Å². The smallest absolute Gasteiger partial charge is 0.279 e. The first-order valence-corrected chi connectivity index (χ1v) is 11.2. The van der Waals surface area contributed by atoms with Gasteiger partial charge >= 0.3 is 0 Å². The number of amides is 3. The van der Waals surface area contributed by atoms with Crippen LogP contribution in [0.5, 0.6) is 11.5 Å². The number of carbonyl (C=O) groups excluding carboxylic acids is 3. The number of ether oxygens (including phenoxy) is 2. The van der Waals surface area contributed by atoms with Gasteiger partial charge in [-0.15, -0.1) is 11.3 Å². The van der Waals surface area contributed by atoms with E-state index in [-0.39, 0.29) is 5.91 Å². The van der Waals surface area contributed by atoms with Gasteiger partial charge in [-0.25, -0.2) is 0 Å². The Morgan fingerprint density at radius 3 is 2.24 bits per heavy atom. The van der Waals surface area contributed by atoms with Crippen molar-refractivity contribution in [2.24, 2.45) is 0 Å². The van der Waals surface area contributed by atoms with Crippen molar-refractivity contribution < 1.29 is 23.9 Å². The Hall–Kier alpha value is -3.85. The molecular formula is C24H25N3O5S. The van der Waals surface area contributed by atoms with Crippen molar-refractivity contribution in [1.29, 1.82) is 0 Å². The zero-order chi connectivity index (χ0) is 23.6. The van der Waals surface area contributed by atoms with Gasteiger partial charge in [0.2, 0.25) is 0 Å². The van der Waals surface area contributed by atoms with E-state index in [1.165, 1.54) is 11.3 Å². The summed E-state index contributed by atoms with van der Waals surface area (Å²) in [5, 5.41) is 4.67. The summed E-state index contributed by atoms with van der Waals surface area (Å²) < 4.78 is 10.9. The first-order chi connectivity index (χ1) is 16.0. The predicted molar refractivity (Wildman–Crippen MR) is 125 cm³/mol. The molecule has 3 N–H and O–H groups in total. The summed E-state index contributed by atoms with van der Waals surface area (Å²) in [5.41, 5.74) is 5.94. The van der Waals surface area contributed by atoms with Gasteiger partial charge in [0.25, 0.3) is 17.7 Å². The lowest BCUT2D eigenvalue weighted by atomic mass is 10.1. The van der Waals surface area contributed by atoms with Crippen LogP contribution in [0.25, 0.3) is 0 Å². The number of rotatable bonds is 9. The van der Waals surface area contributed by atoms with Crippen LogP contribution in [0.4, 0.5) is 0 Å². The van der Waals surface area contributed by atoms with Gasteiger partial charge in [-0.2, -0.15) is 0 Å². The van der Waals surface area contributed by atoms with Gasteiger partial charge in [0, 0.05) is 12.1 Å². The van der Waals surface area contributed by atoms with Crippen LogP contribution in [-0.2, 0) is 11.3 Å². The molecule has 0 saturated heterocycles. The standard InChI is InChI=1S/C24H25N3O5S/c1-3-31-19-10-12-20(13-11-19)32-16(2)22(28)26-27-23(29)18-8-6-17(7-9-18)15-25-24(30)21-5-4-14-33-21/h4-14,16H,3,15H2,1-2H3,(H,25,30)(H,26,28)(H,27,29). The van der Waals surface area contributed by atoms with E-state index in [1.54, 1.807) is 61.5 Å². The van der Waals surface area contributed by atoms with Gasteiger partial charge in [0.1, 0.15) is 11.5 Å². The van der Waals surface area contributed by atoms with Crippen molar-refractivity contribution in [3.8, 4) is 11.5 Å². The summed E-state index contributed by atoms with van der Waals surface area (Å²) in [6, 6.07) is 17.2. The Morgan fingerprint density at radius 2 is 1.61 bits per heavy atom. The Morgan fingerprint density at radius 1 is 0.909 bits per heavy atom. The van der Waals surface area contributed by atoms with Crippen molar-refractivity contribution in [1.82, 2.24) is 16.2 Å². The minimum Gasteiger partial charge on any atom is -0.494 e. The monoisotopic (exact) mass is 467 g/mol. The molecule has 2 aromatic carbocycles. The van der Waals surface area contributed by atoms with Gasteiger partial charge in [0.15, 0.2) is 6.10 Å². The highest BCUT2D eigenvalue weighted by molar-refractivity contribution is 7.12. The van der Waals surface area contributed by atoms with Crippen LogP contribution in [0, 0.1) is 0 Å². The molecule has 1 aromatic heterocycles.